The highest BCUT2D eigenvalue weighted by molar-refractivity contribution is 7.99. The molecular weight excluding hydrogens is 252 g/mol. The van der Waals surface area contributed by atoms with Crippen LogP contribution in [0.2, 0.25) is 0 Å². The Morgan fingerprint density at radius 1 is 1.39 bits per heavy atom. The fraction of sp³-hybridized carbons (Fsp3) is 0.0909. The van der Waals surface area contributed by atoms with Gasteiger partial charge in [-0.25, -0.2) is 9.97 Å². The number of pyridine rings is 2. The van der Waals surface area contributed by atoms with Crippen LogP contribution in [0.15, 0.2) is 40.6 Å². The largest absolute Gasteiger partial charge is 0.397 e. The van der Waals surface area contributed by atoms with Crippen LogP contribution >= 0.6 is 11.8 Å². The zero-order valence-corrected chi connectivity index (χ0v) is 10.3. The summed E-state index contributed by atoms with van der Waals surface area (Å²) in [6.07, 6.45) is 3.16. The Labute approximate surface area is 107 Å². The first-order valence-electron chi connectivity index (χ1n) is 5.07. The number of aryl methyl sites for hydroxylation is 1. The summed E-state index contributed by atoms with van der Waals surface area (Å²) < 4.78 is 0. The van der Waals surface area contributed by atoms with Crippen molar-refractivity contribution >= 4 is 23.1 Å². The molecule has 0 aliphatic heterocycles. The lowest BCUT2D eigenvalue weighted by Crippen LogP contribution is -1.96. The smallest absolute Gasteiger partial charge is 0.302 e. The Morgan fingerprint density at radius 2 is 2.17 bits per heavy atom. The van der Waals surface area contributed by atoms with Crippen LogP contribution in [0.4, 0.5) is 11.4 Å². The number of hydrogen-bond donors (Lipinski definition) is 1. The predicted molar refractivity (Wildman–Crippen MR) is 68.4 cm³/mol. The van der Waals surface area contributed by atoms with Gasteiger partial charge in [-0.2, -0.15) is 0 Å². The molecule has 0 aromatic carbocycles. The van der Waals surface area contributed by atoms with Gasteiger partial charge in [0, 0.05) is 18.5 Å². The summed E-state index contributed by atoms with van der Waals surface area (Å²) in [5.74, 6) is 0. The highest BCUT2D eigenvalue weighted by Crippen LogP contribution is 2.34. The van der Waals surface area contributed by atoms with Crippen LogP contribution in [-0.2, 0) is 0 Å². The van der Waals surface area contributed by atoms with E-state index in [1.807, 2.05) is 0 Å². The Balaban J connectivity index is 2.41. The van der Waals surface area contributed by atoms with Crippen molar-refractivity contribution in [2.24, 2.45) is 0 Å². The van der Waals surface area contributed by atoms with Crippen LogP contribution in [0.5, 0.6) is 0 Å². The normalized spacial score (nSPS) is 10.3. The number of aromatic nitrogens is 2. The molecular formula is C11H10N4O2S. The Hall–Kier alpha value is -2.15. The third-order valence-electron chi connectivity index (χ3n) is 2.16. The van der Waals surface area contributed by atoms with Crippen LogP contribution in [-0.4, -0.2) is 14.9 Å². The number of nitro groups is 1. The van der Waals surface area contributed by atoms with Crippen molar-refractivity contribution in [2.75, 3.05) is 5.73 Å². The van der Waals surface area contributed by atoms with Gasteiger partial charge >= 0.3 is 5.69 Å². The number of nitrogens with zero attached hydrogens (tertiary/aromatic N) is 3. The number of nitrogens with two attached hydrogens (primary N) is 1. The molecule has 0 aliphatic rings. The summed E-state index contributed by atoms with van der Waals surface area (Å²) in [5, 5.41) is 11.7. The van der Waals surface area contributed by atoms with E-state index >= 15 is 0 Å². The summed E-state index contributed by atoms with van der Waals surface area (Å²) >= 11 is 1.09. The molecule has 0 fully saturated rings. The Morgan fingerprint density at radius 3 is 2.83 bits per heavy atom. The first kappa shape index (κ1) is 12.3. The van der Waals surface area contributed by atoms with Crippen LogP contribution in [0.3, 0.4) is 0 Å². The molecule has 0 radical (unpaired) electrons. The molecule has 92 valence electrons. The summed E-state index contributed by atoms with van der Waals surface area (Å²) in [7, 11) is 0. The molecule has 2 rings (SSSR count). The van der Waals surface area contributed by atoms with E-state index in [2.05, 4.69) is 9.97 Å². The highest BCUT2D eigenvalue weighted by atomic mass is 32.2. The lowest BCUT2D eigenvalue weighted by molar-refractivity contribution is -0.388. The van der Waals surface area contributed by atoms with E-state index in [9.17, 15) is 10.1 Å². The summed E-state index contributed by atoms with van der Waals surface area (Å²) in [5.41, 5.74) is 6.91. The maximum absolute atomic E-state index is 10.9. The maximum Gasteiger partial charge on any atom is 0.302 e. The fourth-order valence-electron chi connectivity index (χ4n) is 1.33. The van der Waals surface area contributed by atoms with Crippen LogP contribution in [0.25, 0.3) is 0 Å². The number of anilines is 1. The molecule has 0 amide bonds. The van der Waals surface area contributed by atoms with Gasteiger partial charge in [0.15, 0.2) is 5.03 Å². The van der Waals surface area contributed by atoms with Crippen molar-refractivity contribution in [3.8, 4) is 0 Å². The molecule has 18 heavy (non-hydrogen) atoms. The van der Waals surface area contributed by atoms with E-state index in [-0.39, 0.29) is 10.7 Å². The van der Waals surface area contributed by atoms with Gasteiger partial charge in [0.05, 0.1) is 10.6 Å². The topological polar surface area (TPSA) is 94.9 Å². The molecule has 0 aliphatic carbocycles. The van der Waals surface area contributed by atoms with Gasteiger partial charge in [-0.1, -0.05) is 0 Å². The van der Waals surface area contributed by atoms with Crippen molar-refractivity contribution in [1.29, 1.82) is 0 Å². The van der Waals surface area contributed by atoms with E-state index in [4.69, 9.17) is 5.73 Å². The van der Waals surface area contributed by atoms with Crippen molar-refractivity contribution in [3.63, 3.8) is 0 Å². The Bertz CT molecular complexity index is 603. The van der Waals surface area contributed by atoms with Gasteiger partial charge in [-0.05, 0) is 36.4 Å². The van der Waals surface area contributed by atoms with Gasteiger partial charge < -0.3 is 5.73 Å². The van der Waals surface area contributed by atoms with Gasteiger partial charge in [-0.3, -0.25) is 10.1 Å². The van der Waals surface area contributed by atoms with Crippen LogP contribution < -0.4 is 5.73 Å². The molecule has 2 aromatic rings. The number of nitrogen functional groups attached to an aromatic ring is 1. The summed E-state index contributed by atoms with van der Waals surface area (Å²) in [4.78, 5) is 18.6. The van der Waals surface area contributed by atoms with Gasteiger partial charge in [-0.15, -0.1) is 0 Å². The molecule has 7 heteroatoms. The molecule has 0 spiro atoms. The number of rotatable bonds is 3. The minimum absolute atomic E-state index is 0.0370. The standard InChI is InChI=1S/C11H10N4O2S/c1-7-5-9(15(16)17)11(14-6-7)18-10-8(12)3-2-4-13-10/h2-6H,12H2,1H3. The van der Waals surface area contributed by atoms with E-state index < -0.39 is 4.92 Å². The molecule has 2 N–H and O–H groups in total. The van der Waals surface area contributed by atoms with Crippen molar-refractivity contribution in [2.45, 2.75) is 17.0 Å². The van der Waals surface area contributed by atoms with Crippen molar-refractivity contribution in [1.82, 2.24) is 9.97 Å². The van der Waals surface area contributed by atoms with Gasteiger partial charge in [0.1, 0.15) is 5.03 Å². The first-order valence-corrected chi connectivity index (χ1v) is 5.89. The molecule has 0 atom stereocenters. The summed E-state index contributed by atoms with van der Waals surface area (Å²) in [6.45, 7) is 1.75. The first-order chi connectivity index (χ1) is 8.58. The van der Waals surface area contributed by atoms with Crippen molar-refractivity contribution < 1.29 is 4.92 Å². The molecule has 0 bridgehead atoms. The second kappa shape index (κ2) is 5.01. The Kier molecular flexibility index (Phi) is 3.42. The molecule has 6 nitrogen and oxygen atoms in total. The second-order valence-corrected chi connectivity index (χ2v) is 4.57. The van der Waals surface area contributed by atoms with Crippen molar-refractivity contribution in [3.05, 3.63) is 46.3 Å². The minimum Gasteiger partial charge on any atom is -0.397 e. The summed E-state index contributed by atoms with van der Waals surface area (Å²) in [6, 6.07) is 4.88. The predicted octanol–water partition coefficient (Wildman–Crippen LogP) is 2.43. The average molecular weight is 262 g/mol. The lowest BCUT2D eigenvalue weighted by atomic mass is 10.3. The van der Waals surface area contributed by atoms with E-state index in [0.29, 0.717) is 10.7 Å². The quantitative estimate of drug-likeness (QED) is 0.674. The monoisotopic (exact) mass is 262 g/mol. The van der Waals surface area contributed by atoms with E-state index in [0.717, 1.165) is 17.3 Å². The van der Waals surface area contributed by atoms with E-state index in [1.54, 1.807) is 31.5 Å². The lowest BCUT2D eigenvalue weighted by Gasteiger charge is -2.04. The van der Waals surface area contributed by atoms with E-state index in [1.165, 1.54) is 6.07 Å². The second-order valence-electron chi connectivity index (χ2n) is 3.59. The minimum atomic E-state index is -0.457. The zero-order valence-electron chi connectivity index (χ0n) is 9.53. The zero-order chi connectivity index (χ0) is 13.1. The molecule has 2 heterocycles. The highest BCUT2D eigenvalue weighted by Gasteiger charge is 2.18. The third-order valence-corrected chi connectivity index (χ3v) is 3.20. The number of hydrogen-bond acceptors (Lipinski definition) is 6. The van der Waals surface area contributed by atoms with Crippen LogP contribution in [0.1, 0.15) is 5.56 Å². The maximum atomic E-state index is 10.9. The SMILES string of the molecule is Cc1cnc(Sc2ncccc2N)c([N+](=O)[O-])c1. The molecule has 0 unspecified atom stereocenters. The molecule has 0 saturated heterocycles. The average Bonchev–Trinajstić information content (AvgIpc) is 2.34. The fourth-order valence-corrected chi connectivity index (χ4v) is 2.16. The van der Waals surface area contributed by atoms with Gasteiger partial charge in [0.2, 0.25) is 0 Å². The molecule has 0 saturated carbocycles. The third kappa shape index (κ3) is 2.57. The van der Waals surface area contributed by atoms with Crippen LogP contribution in [0, 0.1) is 17.0 Å². The van der Waals surface area contributed by atoms with Gasteiger partial charge in [0.25, 0.3) is 0 Å². The molecule has 2 aromatic heterocycles.